The summed E-state index contributed by atoms with van der Waals surface area (Å²) in [5.41, 5.74) is 4.41. The van der Waals surface area contributed by atoms with Crippen LogP contribution >= 0.6 is 0 Å². The van der Waals surface area contributed by atoms with Gasteiger partial charge in [0.15, 0.2) is 0 Å². The second-order valence-electron chi connectivity index (χ2n) is 7.22. The third-order valence-electron chi connectivity index (χ3n) is 5.17. The molecule has 0 saturated heterocycles. The number of amides is 2. The number of nitrogens with one attached hydrogen (secondary N) is 2. The zero-order valence-electron chi connectivity index (χ0n) is 17.3. The molecule has 2 aromatic carbocycles. The van der Waals surface area contributed by atoms with Crippen LogP contribution in [-0.2, 0) is 14.3 Å². The summed E-state index contributed by atoms with van der Waals surface area (Å²) < 4.78 is 5.41. The largest absolute Gasteiger partial charge is 0.480 e. The van der Waals surface area contributed by atoms with Crippen molar-refractivity contribution in [2.75, 3.05) is 6.61 Å². The van der Waals surface area contributed by atoms with E-state index < -0.39 is 30.1 Å². The van der Waals surface area contributed by atoms with Crippen molar-refractivity contribution in [3.8, 4) is 23.0 Å². The van der Waals surface area contributed by atoms with Crippen LogP contribution in [0.5, 0.6) is 0 Å². The summed E-state index contributed by atoms with van der Waals surface area (Å²) in [6.07, 6.45) is -0.764. The lowest BCUT2D eigenvalue weighted by atomic mass is 9.98. The molecule has 7 nitrogen and oxygen atoms in total. The van der Waals surface area contributed by atoms with Gasteiger partial charge in [-0.25, -0.2) is 9.59 Å². The molecule has 0 bridgehead atoms. The molecule has 31 heavy (non-hydrogen) atoms. The molecule has 2 atom stereocenters. The van der Waals surface area contributed by atoms with Gasteiger partial charge in [0.2, 0.25) is 5.91 Å². The first kappa shape index (κ1) is 21.9. The highest BCUT2D eigenvalue weighted by Crippen LogP contribution is 2.44. The van der Waals surface area contributed by atoms with Crippen molar-refractivity contribution in [2.24, 2.45) is 0 Å². The lowest BCUT2D eigenvalue weighted by molar-refractivity contribution is -0.141. The van der Waals surface area contributed by atoms with Crippen molar-refractivity contribution in [1.29, 1.82) is 0 Å². The molecular formula is C24H24N2O5. The quantitative estimate of drug-likeness (QED) is 0.598. The van der Waals surface area contributed by atoms with Crippen molar-refractivity contribution in [1.82, 2.24) is 10.6 Å². The summed E-state index contributed by atoms with van der Waals surface area (Å²) in [5, 5.41) is 14.0. The highest BCUT2D eigenvalue weighted by molar-refractivity contribution is 5.89. The fourth-order valence-corrected chi connectivity index (χ4v) is 3.58. The van der Waals surface area contributed by atoms with Crippen molar-refractivity contribution in [2.45, 2.75) is 38.3 Å². The van der Waals surface area contributed by atoms with Crippen LogP contribution in [0.15, 0.2) is 48.5 Å². The monoisotopic (exact) mass is 420 g/mol. The second-order valence-corrected chi connectivity index (χ2v) is 7.22. The Morgan fingerprint density at radius 3 is 2.16 bits per heavy atom. The van der Waals surface area contributed by atoms with E-state index in [1.54, 1.807) is 6.92 Å². The van der Waals surface area contributed by atoms with E-state index in [-0.39, 0.29) is 18.9 Å². The highest BCUT2D eigenvalue weighted by atomic mass is 16.5. The second kappa shape index (κ2) is 9.81. The molecular weight excluding hydrogens is 396 g/mol. The Morgan fingerprint density at radius 1 is 1.03 bits per heavy atom. The topological polar surface area (TPSA) is 105 Å². The summed E-state index contributed by atoms with van der Waals surface area (Å²) in [5.74, 6) is 3.31. The maximum absolute atomic E-state index is 12.3. The Balaban J connectivity index is 1.58. The highest BCUT2D eigenvalue weighted by Gasteiger charge is 2.29. The Bertz CT molecular complexity index is 1010. The first-order valence-corrected chi connectivity index (χ1v) is 9.96. The number of hydrogen-bond donors (Lipinski definition) is 3. The average molecular weight is 420 g/mol. The zero-order chi connectivity index (χ0) is 22.4. The first-order valence-electron chi connectivity index (χ1n) is 9.96. The van der Waals surface area contributed by atoms with Crippen LogP contribution in [0.25, 0.3) is 11.1 Å². The number of carboxylic acid groups (broad SMARTS) is 1. The molecule has 1 unspecified atom stereocenters. The molecule has 1 aliphatic carbocycles. The van der Waals surface area contributed by atoms with E-state index in [9.17, 15) is 19.5 Å². The van der Waals surface area contributed by atoms with E-state index in [0.717, 1.165) is 22.3 Å². The van der Waals surface area contributed by atoms with E-state index in [1.165, 1.54) is 6.92 Å². The number of alkyl carbamates (subject to hydrolysis) is 1. The van der Waals surface area contributed by atoms with Crippen LogP contribution in [0.1, 0.15) is 37.3 Å². The number of carbonyl (C=O) groups is 3. The zero-order valence-corrected chi connectivity index (χ0v) is 17.3. The van der Waals surface area contributed by atoms with Crippen LogP contribution in [-0.4, -0.2) is 41.8 Å². The number of hydrogen-bond acceptors (Lipinski definition) is 4. The van der Waals surface area contributed by atoms with Gasteiger partial charge < -0.3 is 20.5 Å². The number of carbonyl (C=O) groups excluding carboxylic acids is 2. The number of fused-ring (bicyclic) bond motifs is 3. The molecule has 0 aromatic heterocycles. The van der Waals surface area contributed by atoms with Crippen molar-refractivity contribution in [3.05, 3.63) is 59.7 Å². The van der Waals surface area contributed by atoms with Crippen molar-refractivity contribution in [3.63, 3.8) is 0 Å². The lowest BCUT2D eigenvalue weighted by Gasteiger charge is -2.18. The standard InChI is InChI=1S/C24H24N2O5/c1-3-4-13-21(23(28)29)26-22(27)15(2)25-24(30)31-14-20-18-11-7-5-9-16(18)17-10-6-8-12-19(17)20/h5-12,15,20-21H,13-14H2,1-2H3,(H,25,30)(H,26,27)(H,28,29)/t15-,21?/m1/s1. The average Bonchev–Trinajstić information content (AvgIpc) is 3.08. The minimum atomic E-state index is -1.19. The summed E-state index contributed by atoms with van der Waals surface area (Å²) in [7, 11) is 0. The number of benzene rings is 2. The summed E-state index contributed by atoms with van der Waals surface area (Å²) in [6.45, 7) is 3.17. The van der Waals surface area contributed by atoms with Gasteiger partial charge >= 0.3 is 12.1 Å². The van der Waals surface area contributed by atoms with Crippen LogP contribution < -0.4 is 10.6 Å². The van der Waals surface area contributed by atoms with Gasteiger partial charge in [-0.05, 0) is 36.1 Å². The Hall–Kier alpha value is -3.79. The van der Waals surface area contributed by atoms with E-state index in [1.807, 2.05) is 48.5 Å². The minimum Gasteiger partial charge on any atom is -0.480 e. The third kappa shape index (κ3) is 5.04. The van der Waals surface area contributed by atoms with E-state index in [2.05, 4.69) is 22.5 Å². The normalized spacial score (nSPS) is 13.6. The maximum Gasteiger partial charge on any atom is 0.407 e. The summed E-state index contributed by atoms with van der Waals surface area (Å²) in [6, 6.07) is 13.9. The third-order valence-corrected chi connectivity index (χ3v) is 5.17. The minimum absolute atomic E-state index is 0.0186. The molecule has 0 aliphatic heterocycles. The van der Waals surface area contributed by atoms with E-state index >= 15 is 0 Å². The fraction of sp³-hybridized carbons (Fsp3) is 0.292. The van der Waals surface area contributed by atoms with Gasteiger partial charge in [0.25, 0.3) is 0 Å². The molecule has 7 heteroatoms. The molecule has 0 fully saturated rings. The molecule has 160 valence electrons. The maximum atomic E-state index is 12.3. The molecule has 1 aliphatic rings. The molecule has 3 rings (SSSR count). The summed E-state index contributed by atoms with van der Waals surface area (Å²) >= 11 is 0. The van der Waals surface area contributed by atoms with Crippen molar-refractivity contribution >= 4 is 18.0 Å². The van der Waals surface area contributed by atoms with Crippen LogP contribution in [0.3, 0.4) is 0 Å². The van der Waals surface area contributed by atoms with Crippen LogP contribution in [0.4, 0.5) is 4.79 Å². The Morgan fingerprint density at radius 2 is 1.61 bits per heavy atom. The number of carboxylic acids is 1. The molecule has 2 aromatic rings. The van der Waals surface area contributed by atoms with Gasteiger partial charge in [0, 0.05) is 12.3 Å². The molecule has 0 saturated carbocycles. The van der Waals surface area contributed by atoms with E-state index in [4.69, 9.17) is 4.74 Å². The van der Waals surface area contributed by atoms with Gasteiger partial charge in [0.05, 0.1) is 0 Å². The van der Waals surface area contributed by atoms with Gasteiger partial charge in [0.1, 0.15) is 18.7 Å². The molecule has 2 amide bonds. The SMILES string of the molecule is CC#CCC(NC(=O)[C@@H](C)NC(=O)OCC1c2ccccc2-c2ccccc21)C(=O)O. The smallest absolute Gasteiger partial charge is 0.407 e. The van der Waals surface area contributed by atoms with Crippen LogP contribution in [0, 0.1) is 11.8 Å². The number of ether oxygens (including phenoxy) is 1. The van der Waals surface area contributed by atoms with Gasteiger partial charge in [-0.1, -0.05) is 48.5 Å². The molecule has 0 spiro atoms. The van der Waals surface area contributed by atoms with Crippen LogP contribution in [0.2, 0.25) is 0 Å². The number of aliphatic carboxylic acids is 1. The predicted molar refractivity (Wildman–Crippen MR) is 115 cm³/mol. The number of rotatable bonds is 7. The van der Waals surface area contributed by atoms with Gasteiger partial charge in [-0.3, -0.25) is 4.79 Å². The Labute approximate surface area is 180 Å². The Kier molecular flexibility index (Phi) is 6.93. The fourth-order valence-electron chi connectivity index (χ4n) is 3.58. The van der Waals surface area contributed by atoms with E-state index in [0.29, 0.717) is 0 Å². The molecule has 0 radical (unpaired) electrons. The molecule has 0 heterocycles. The van der Waals surface area contributed by atoms with Gasteiger partial charge in [-0.2, -0.15) is 0 Å². The molecule has 3 N–H and O–H groups in total. The summed E-state index contributed by atoms with van der Waals surface area (Å²) in [4.78, 5) is 35.8. The predicted octanol–water partition coefficient (Wildman–Crippen LogP) is 2.90. The van der Waals surface area contributed by atoms with Gasteiger partial charge in [-0.15, -0.1) is 11.8 Å². The first-order chi connectivity index (χ1) is 14.9. The lowest BCUT2D eigenvalue weighted by Crippen LogP contribution is -2.50. The van der Waals surface area contributed by atoms with Crippen molar-refractivity contribution < 1.29 is 24.2 Å².